The standard InChI is InChI=1S/C21H25N3O3/c1-3-23-17-10-6-7-11-18(17)24(21(23)26)14-13-20(25)22-15-16-9-5-8-12-19(16)27-4-2/h5-12H,3-4,13-15H2,1-2H3,(H,22,25). The number of aromatic nitrogens is 2. The molecular weight excluding hydrogens is 342 g/mol. The Bertz CT molecular complexity index is 988. The van der Waals surface area contributed by atoms with Gasteiger partial charge in [0, 0.05) is 31.6 Å². The smallest absolute Gasteiger partial charge is 0.329 e. The van der Waals surface area contributed by atoms with E-state index in [1.165, 1.54) is 0 Å². The normalized spacial score (nSPS) is 10.9. The molecule has 0 bridgehead atoms. The van der Waals surface area contributed by atoms with Crippen molar-refractivity contribution in [2.75, 3.05) is 6.61 Å². The largest absolute Gasteiger partial charge is 0.494 e. The second-order valence-electron chi connectivity index (χ2n) is 6.23. The minimum atomic E-state index is -0.0958. The number of imidazole rings is 1. The highest BCUT2D eigenvalue weighted by Gasteiger charge is 2.13. The Morgan fingerprint density at radius 1 is 1.00 bits per heavy atom. The van der Waals surface area contributed by atoms with Crippen LogP contribution >= 0.6 is 0 Å². The number of fused-ring (bicyclic) bond motifs is 1. The summed E-state index contributed by atoms with van der Waals surface area (Å²) in [6.07, 6.45) is 0.244. The lowest BCUT2D eigenvalue weighted by Gasteiger charge is -2.11. The van der Waals surface area contributed by atoms with E-state index in [-0.39, 0.29) is 18.0 Å². The molecule has 1 aromatic heterocycles. The molecule has 1 heterocycles. The number of para-hydroxylation sites is 3. The first kappa shape index (κ1) is 18.8. The molecular formula is C21H25N3O3. The van der Waals surface area contributed by atoms with E-state index in [1.807, 2.05) is 62.4 Å². The van der Waals surface area contributed by atoms with Gasteiger partial charge in [0.25, 0.3) is 0 Å². The maximum absolute atomic E-state index is 12.6. The van der Waals surface area contributed by atoms with Gasteiger partial charge >= 0.3 is 5.69 Å². The van der Waals surface area contributed by atoms with Gasteiger partial charge in [-0.2, -0.15) is 0 Å². The average Bonchev–Trinajstić information content (AvgIpc) is 2.96. The number of carbonyl (C=O) groups is 1. The van der Waals surface area contributed by atoms with Crippen molar-refractivity contribution in [2.45, 2.75) is 39.9 Å². The van der Waals surface area contributed by atoms with E-state index in [2.05, 4.69) is 5.32 Å². The molecule has 1 N–H and O–H groups in total. The van der Waals surface area contributed by atoms with Gasteiger partial charge in [-0.25, -0.2) is 4.79 Å². The fourth-order valence-electron chi connectivity index (χ4n) is 3.24. The zero-order valence-electron chi connectivity index (χ0n) is 15.8. The van der Waals surface area contributed by atoms with Gasteiger partial charge in [-0.1, -0.05) is 30.3 Å². The number of carbonyl (C=O) groups excluding carboxylic acids is 1. The van der Waals surface area contributed by atoms with Crippen molar-refractivity contribution in [1.82, 2.24) is 14.5 Å². The lowest BCUT2D eigenvalue weighted by atomic mass is 10.2. The summed E-state index contributed by atoms with van der Waals surface area (Å²) in [5, 5.41) is 2.92. The Labute approximate surface area is 158 Å². The van der Waals surface area contributed by atoms with Crippen LogP contribution < -0.4 is 15.7 Å². The van der Waals surface area contributed by atoms with E-state index in [0.29, 0.717) is 26.2 Å². The average molecular weight is 367 g/mol. The van der Waals surface area contributed by atoms with E-state index in [4.69, 9.17) is 4.74 Å². The van der Waals surface area contributed by atoms with Crippen LogP contribution in [0.2, 0.25) is 0 Å². The summed E-state index contributed by atoms with van der Waals surface area (Å²) >= 11 is 0. The topological polar surface area (TPSA) is 65.3 Å². The van der Waals surface area contributed by atoms with Crippen molar-refractivity contribution in [1.29, 1.82) is 0 Å². The number of benzene rings is 2. The van der Waals surface area contributed by atoms with Gasteiger partial charge in [0.05, 0.1) is 17.6 Å². The Morgan fingerprint density at radius 3 is 2.37 bits per heavy atom. The molecule has 0 aliphatic carbocycles. The first-order valence-electron chi connectivity index (χ1n) is 9.31. The maximum Gasteiger partial charge on any atom is 0.329 e. The monoisotopic (exact) mass is 367 g/mol. The lowest BCUT2D eigenvalue weighted by molar-refractivity contribution is -0.121. The summed E-state index contributed by atoms with van der Waals surface area (Å²) in [6, 6.07) is 15.3. The van der Waals surface area contributed by atoms with E-state index in [9.17, 15) is 9.59 Å². The zero-order chi connectivity index (χ0) is 19.2. The summed E-state index contributed by atoms with van der Waals surface area (Å²) in [5.74, 6) is 0.684. The van der Waals surface area contributed by atoms with Gasteiger partial charge in [-0.15, -0.1) is 0 Å². The molecule has 3 rings (SSSR count). The second kappa shape index (κ2) is 8.58. The molecule has 27 heavy (non-hydrogen) atoms. The molecule has 6 heteroatoms. The summed E-state index contributed by atoms with van der Waals surface area (Å²) in [7, 11) is 0. The highest BCUT2D eigenvalue weighted by Crippen LogP contribution is 2.17. The van der Waals surface area contributed by atoms with Crippen LogP contribution in [-0.2, 0) is 24.4 Å². The molecule has 0 aliphatic rings. The highest BCUT2D eigenvalue weighted by molar-refractivity contribution is 5.78. The van der Waals surface area contributed by atoms with Crippen LogP contribution in [0.15, 0.2) is 53.3 Å². The van der Waals surface area contributed by atoms with Gasteiger partial charge in [0.15, 0.2) is 0 Å². The van der Waals surface area contributed by atoms with Crippen LogP contribution in [0.3, 0.4) is 0 Å². The van der Waals surface area contributed by atoms with Gasteiger partial charge < -0.3 is 10.1 Å². The Balaban J connectivity index is 1.66. The Morgan fingerprint density at radius 2 is 1.67 bits per heavy atom. The van der Waals surface area contributed by atoms with Crippen molar-refractivity contribution in [3.8, 4) is 5.75 Å². The SMILES string of the molecule is CCOc1ccccc1CNC(=O)CCn1c(=O)n(CC)c2ccccc21. The predicted octanol–water partition coefficient (Wildman–Crippen LogP) is 2.93. The fourth-order valence-corrected chi connectivity index (χ4v) is 3.24. The van der Waals surface area contributed by atoms with Crippen molar-refractivity contribution in [3.63, 3.8) is 0 Å². The van der Waals surface area contributed by atoms with Crippen LogP contribution in [0.4, 0.5) is 0 Å². The summed E-state index contributed by atoms with van der Waals surface area (Å²) in [4.78, 5) is 24.9. The number of ether oxygens (including phenoxy) is 1. The third-order valence-electron chi connectivity index (χ3n) is 4.55. The summed E-state index contributed by atoms with van der Waals surface area (Å²) in [5.41, 5.74) is 2.62. The Hall–Kier alpha value is -3.02. The van der Waals surface area contributed by atoms with Gasteiger partial charge in [-0.3, -0.25) is 13.9 Å². The first-order valence-corrected chi connectivity index (χ1v) is 9.31. The van der Waals surface area contributed by atoms with Crippen molar-refractivity contribution >= 4 is 16.9 Å². The molecule has 0 saturated heterocycles. The van der Waals surface area contributed by atoms with Crippen molar-refractivity contribution in [3.05, 3.63) is 64.6 Å². The molecule has 6 nitrogen and oxygen atoms in total. The van der Waals surface area contributed by atoms with E-state index < -0.39 is 0 Å². The molecule has 0 unspecified atom stereocenters. The van der Waals surface area contributed by atoms with Crippen molar-refractivity contribution < 1.29 is 9.53 Å². The number of hydrogen-bond acceptors (Lipinski definition) is 3. The van der Waals surface area contributed by atoms with Gasteiger partial charge in [0.1, 0.15) is 5.75 Å². The molecule has 142 valence electrons. The minimum Gasteiger partial charge on any atom is -0.494 e. The first-order chi connectivity index (χ1) is 13.2. The van der Waals surface area contributed by atoms with Gasteiger partial charge in [-0.05, 0) is 32.0 Å². The zero-order valence-corrected chi connectivity index (χ0v) is 15.8. The molecule has 1 amide bonds. The lowest BCUT2D eigenvalue weighted by Crippen LogP contribution is -2.28. The number of amides is 1. The third kappa shape index (κ3) is 4.05. The molecule has 0 spiro atoms. The fraction of sp³-hybridized carbons (Fsp3) is 0.333. The van der Waals surface area contributed by atoms with E-state index in [1.54, 1.807) is 9.13 Å². The summed E-state index contributed by atoms with van der Waals surface area (Å²) in [6.45, 7) is 5.81. The molecule has 0 atom stereocenters. The Kier molecular flexibility index (Phi) is 5.96. The number of aryl methyl sites for hydroxylation is 2. The molecule has 3 aromatic rings. The number of rotatable bonds is 8. The number of nitrogens with one attached hydrogen (secondary N) is 1. The van der Waals surface area contributed by atoms with Crippen LogP contribution in [0.1, 0.15) is 25.8 Å². The van der Waals surface area contributed by atoms with Crippen LogP contribution in [0, 0.1) is 0 Å². The maximum atomic E-state index is 12.6. The minimum absolute atomic E-state index is 0.0757. The molecule has 0 radical (unpaired) electrons. The van der Waals surface area contributed by atoms with Crippen molar-refractivity contribution in [2.24, 2.45) is 0 Å². The van der Waals surface area contributed by atoms with Crippen LogP contribution in [-0.4, -0.2) is 21.6 Å². The summed E-state index contributed by atoms with van der Waals surface area (Å²) < 4.78 is 8.98. The quantitative estimate of drug-likeness (QED) is 0.666. The highest BCUT2D eigenvalue weighted by atomic mass is 16.5. The van der Waals surface area contributed by atoms with Crippen LogP contribution in [0.5, 0.6) is 5.75 Å². The predicted molar refractivity (Wildman–Crippen MR) is 106 cm³/mol. The molecule has 0 saturated carbocycles. The second-order valence-corrected chi connectivity index (χ2v) is 6.23. The number of nitrogens with zero attached hydrogens (tertiary/aromatic N) is 2. The molecule has 0 fully saturated rings. The van der Waals surface area contributed by atoms with E-state index >= 15 is 0 Å². The molecule has 0 aliphatic heterocycles. The van der Waals surface area contributed by atoms with Gasteiger partial charge in [0.2, 0.25) is 5.91 Å². The number of hydrogen-bond donors (Lipinski definition) is 1. The van der Waals surface area contributed by atoms with Crippen LogP contribution in [0.25, 0.3) is 11.0 Å². The van der Waals surface area contributed by atoms with E-state index in [0.717, 1.165) is 22.3 Å². The third-order valence-corrected chi connectivity index (χ3v) is 4.55. The molecule has 2 aromatic carbocycles.